The van der Waals surface area contributed by atoms with E-state index in [0.29, 0.717) is 5.69 Å². The molecule has 1 N–H and O–H groups in total. The molecular formula is C17H23N3O3S. The molecule has 0 spiro atoms. The van der Waals surface area contributed by atoms with E-state index in [4.69, 9.17) is 0 Å². The maximum Gasteiger partial charge on any atom is 0.272 e. The van der Waals surface area contributed by atoms with E-state index < -0.39 is 9.84 Å². The summed E-state index contributed by atoms with van der Waals surface area (Å²) in [4.78, 5) is 12.5. The first-order valence-corrected chi connectivity index (χ1v) is 9.86. The maximum atomic E-state index is 12.2. The maximum absolute atomic E-state index is 12.2. The number of nitrogens with one attached hydrogen (secondary N) is 1. The van der Waals surface area contributed by atoms with Crippen LogP contribution >= 0.6 is 0 Å². The van der Waals surface area contributed by atoms with Crippen molar-refractivity contribution in [2.24, 2.45) is 0 Å². The van der Waals surface area contributed by atoms with Crippen LogP contribution in [0.15, 0.2) is 41.4 Å². The molecule has 0 bridgehead atoms. The highest BCUT2D eigenvalue weighted by Crippen LogP contribution is 2.15. The third-order valence-electron chi connectivity index (χ3n) is 3.94. The fourth-order valence-corrected chi connectivity index (χ4v) is 3.18. The summed E-state index contributed by atoms with van der Waals surface area (Å²) < 4.78 is 25.0. The first-order chi connectivity index (χ1) is 11.3. The van der Waals surface area contributed by atoms with Crippen molar-refractivity contribution in [2.45, 2.75) is 44.2 Å². The van der Waals surface area contributed by atoms with Gasteiger partial charge in [-0.05, 0) is 36.6 Å². The Labute approximate surface area is 142 Å². The van der Waals surface area contributed by atoms with Gasteiger partial charge in [0.15, 0.2) is 9.84 Å². The number of carbonyl (C=O) groups excluding carboxylic acids is 1. The van der Waals surface area contributed by atoms with Gasteiger partial charge in [-0.15, -0.1) is 0 Å². The fourth-order valence-electron chi connectivity index (χ4n) is 2.48. The molecule has 6 nitrogen and oxygen atoms in total. The van der Waals surface area contributed by atoms with Crippen LogP contribution in [0, 0.1) is 0 Å². The number of hydrogen-bond donors (Lipinski definition) is 1. The number of hydrogen-bond acceptors (Lipinski definition) is 4. The number of aromatic nitrogens is 2. The van der Waals surface area contributed by atoms with Gasteiger partial charge < -0.3 is 5.32 Å². The molecule has 2 rings (SSSR count). The van der Waals surface area contributed by atoms with E-state index in [0.717, 1.165) is 24.7 Å². The molecule has 1 amide bonds. The van der Waals surface area contributed by atoms with Gasteiger partial charge in [-0.2, -0.15) is 5.10 Å². The highest BCUT2D eigenvalue weighted by Gasteiger charge is 2.13. The zero-order valence-electron chi connectivity index (χ0n) is 14.2. The van der Waals surface area contributed by atoms with Gasteiger partial charge in [0, 0.05) is 19.0 Å². The Bertz CT molecular complexity index is 808. The van der Waals surface area contributed by atoms with E-state index in [-0.39, 0.29) is 23.4 Å². The van der Waals surface area contributed by atoms with Crippen LogP contribution in [-0.2, 0) is 16.4 Å². The number of benzene rings is 1. The van der Waals surface area contributed by atoms with Gasteiger partial charge in [-0.1, -0.05) is 26.0 Å². The smallest absolute Gasteiger partial charge is 0.272 e. The van der Waals surface area contributed by atoms with Crippen molar-refractivity contribution in [1.29, 1.82) is 0 Å². The standard InChI is InChI=1S/C17H23N3O3S/c1-4-14(5-2)20-10-9-16(19-20)17(21)18-12-13-7-6-8-15(11-13)24(3,22)23/h6-11,14H,4-5,12H2,1-3H3,(H,18,21). The van der Waals surface area contributed by atoms with E-state index in [1.807, 2.05) is 10.9 Å². The van der Waals surface area contributed by atoms with Crippen LogP contribution in [0.25, 0.3) is 0 Å². The molecule has 7 heteroatoms. The number of rotatable bonds is 7. The average Bonchev–Trinajstić information content (AvgIpc) is 3.03. The number of sulfone groups is 1. The Morgan fingerprint density at radius 2 is 1.96 bits per heavy atom. The summed E-state index contributed by atoms with van der Waals surface area (Å²) in [7, 11) is -3.26. The van der Waals surface area contributed by atoms with E-state index >= 15 is 0 Å². The largest absolute Gasteiger partial charge is 0.347 e. The molecule has 0 aliphatic carbocycles. The molecule has 0 unspecified atom stereocenters. The van der Waals surface area contributed by atoms with Gasteiger partial charge in [0.25, 0.3) is 5.91 Å². The number of carbonyl (C=O) groups is 1. The van der Waals surface area contributed by atoms with Crippen molar-refractivity contribution in [3.05, 3.63) is 47.8 Å². The third-order valence-corrected chi connectivity index (χ3v) is 5.05. The molecule has 0 fully saturated rings. The molecule has 0 aliphatic heterocycles. The highest BCUT2D eigenvalue weighted by atomic mass is 32.2. The van der Waals surface area contributed by atoms with Gasteiger partial charge in [-0.25, -0.2) is 8.42 Å². The molecule has 130 valence electrons. The summed E-state index contributed by atoms with van der Waals surface area (Å²) in [6.07, 6.45) is 4.89. The summed E-state index contributed by atoms with van der Waals surface area (Å²) in [5, 5.41) is 7.10. The lowest BCUT2D eigenvalue weighted by molar-refractivity contribution is 0.0944. The van der Waals surface area contributed by atoms with Gasteiger partial charge in [0.05, 0.1) is 10.9 Å². The summed E-state index contributed by atoms with van der Waals surface area (Å²) >= 11 is 0. The summed E-state index contributed by atoms with van der Waals surface area (Å²) in [5.41, 5.74) is 1.09. The molecule has 1 heterocycles. The first-order valence-electron chi connectivity index (χ1n) is 7.97. The van der Waals surface area contributed by atoms with E-state index in [9.17, 15) is 13.2 Å². The molecule has 0 atom stereocenters. The summed E-state index contributed by atoms with van der Waals surface area (Å²) in [6, 6.07) is 8.53. The zero-order chi connectivity index (χ0) is 17.7. The van der Waals surface area contributed by atoms with Crippen LogP contribution in [0.2, 0.25) is 0 Å². The van der Waals surface area contributed by atoms with Crippen LogP contribution in [0.3, 0.4) is 0 Å². The van der Waals surface area contributed by atoms with Crippen molar-refractivity contribution >= 4 is 15.7 Å². The zero-order valence-corrected chi connectivity index (χ0v) is 15.0. The van der Waals surface area contributed by atoms with Crippen LogP contribution in [-0.4, -0.2) is 30.4 Å². The minimum absolute atomic E-state index is 0.243. The molecule has 0 aliphatic rings. The second-order valence-corrected chi connectivity index (χ2v) is 7.77. The molecule has 1 aromatic carbocycles. The summed E-state index contributed by atoms with van der Waals surface area (Å²) in [5.74, 6) is -0.274. The predicted octanol–water partition coefficient (Wildman–Crippen LogP) is 2.58. The second kappa shape index (κ2) is 7.61. The van der Waals surface area contributed by atoms with E-state index in [2.05, 4.69) is 24.3 Å². The Morgan fingerprint density at radius 3 is 2.58 bits per heavy atom. The number of nitrogens with zero attached hydrogens (tertiary/aromatic N) is 2. The Kier molecular flexibility index (Phi) is 5.77. The van der Waals surface area contributed by atoms with Crippen LogP contribution in [0.5, 0.6) is 0 Å². The van der Waals surface area contributed by atoms with Gasteiger partial charge >= 0.3 is 0 Å². The molecule has 1 aromatic heterocycles. The molecule has 0 saturated carbocycles. The quantitative estimate of drug-likeness (QED) is 0.833. The van der Waals surface area contributed by atoms with Crippen LogP contribution in [0.1, 0.15) is 48.8 Å². The van der Waals surface area contributed by atoms with Gasteiger partial charge in [-0.3, -0.25) is 9.48 Å². The molecule has 0 saturated heterocycles. The Balaban J connectivity index is 2.04. The van der Waals surface area contributed by atoms with Crippen molar-refractivity contribution in [2.75, 3.05) is 6.26 Å². The normalized spacial score (nSPS) is 11.7. The molecule has 24 heavy (non-hydrogen) atoms. The Morgan fingerprint density at radius 1 is 1.25 bits per heavy atom. The van der Waals surface area contributed by atoms with Crippen molar-refractivity contribution in [1.82, 2.24) is 15.1 Å². The van der Waals surface area contributed by atoms with Gasteiger partial charge in [0.1, 0.15) is 5.69 Å². The lowest BCUT2D eigenvalue weighted by Gasteiger charge is -2.12. The van der Waals surface area contributed by atoms with Crippen molar-refractivity contribution < 1.29 is 13.2 Å². The van der Waals surface area contributed by atoms with Crippen molar-refractivity contribution in [3.8, 4) is 0 Å². The minimum Gasteiger partial charge on any atom is -0.347 e. The lowest BCUT2D eigenvalue weighted by Crippen LogP contribution is -2.23. The Hall–Kier alpha value is -2.15. The monoisotopic (exact) mass is 349 g/mol. The SMILES string of the molecule is CCC(CC)n1ccc(C(=O)NCc2cccc(S(C)(=O)=O)c2)n1. The molecule has 2 aromatic rings. The second-order valence-electron chi connectivity index (χ2n) is 5.75. The first kappa shape index (κ1) is 18.2. The third kappa shape index (κ3) is 4.44. The van der Waals surface area contributed by atoms with E-state index in [1.54, 1.807) is 24.3 Å². The predicted molar refractivity (Wildman–Crippen MR) is 92.6 cm³/mol. The highest BCUT2D eigenvalue weighted by molar-refractivity contribution is 7.90. The van der Waals surface area contributed by atoms with Crippen molar-refractivity contribution in [3.63, 3.8) is 0 Å². The molecular weight excluding hydrogens is 326 g/mol. The minimum atomic E-state index is -3.26. The van der Waals surface area contributed by atoms with Crippen LogP contribution < -0.4 is 5.32 Å². The van der Waals surface area contributed by atoms with Crippen LogP contribution in [0.4, 0.5) is 0 Å². The van der Waals surface area contributed by atoms with E-state index in [1.165, 1.54) is 6.07 Å². The lowest BCUT2D eigenvalue weighted by atomic mass is 10.2. The number of amides is 1. The summed E-state index contributed by atoms with van der Waals surface area (Å²) in [6.45, 7) is 4.43. The topological polar surface area (TPSA) is 81.1 Å². The molecule has 0 radical (unpaired) electrons. The fraction of sp³-hybridized carbons (Fsp3) is 0.412. The average molecular weight is 349 g/mol. The van der Waals surface area contributed by atoms with Gasteiger partial charge in [0.2, 0.25) is 0 Å².